The maximum absolute atomic E-state index is 5.98. The second kappa shape index (κ2) is 14.2. The van der Waals surface area contributed by atoms with E-state index in [1.165, 1.54) is 5.56 Å². The van der Waals surface area contributed by atoms with Crippen LogP contribution in [0, 0.1) is 6.92 Å². The molecule has 0 aromatic heterocycles. The van der Waals surface area contributed by atoms with Crippen LogP contribution in [-0.4, -0.2) is 53.6 Å². The Labute approximate surface area is 192 Å². The third-order valence-corrected chi connectivity index (χ3v) is 4.88. The van der Waals surface area contributed by atoms with Crippen LogP contribution in [0.1, 0.15) is 30.0 Å². The quantitative estimate of drug-likeness (QED) is 0.279. The number of benzene rings is 2. The molecule has 0 amide bonds. The molecule has 0 unspecified atom stereocenters. The van der Waals surface area contributed by atoms with Gasteiger partial charge in [-0.2, -0.15) is 0 Å². The third-order valence-electron chi connectivity index (χ3n) is 4.88. The lowest BCUT2D eigenvalue weighted by Crippen LogP contribution is -2.38. The van der Waals surface area contributed by atoms with Crippen LogP contribution < -0.4 is 24.8 Å². The molecule has 0 aliphatic carbocycles. The minimum absolute atomic E-state index is 0.533. The first kappa shape index (κ1) is 25.3. The molecule has 0 saturated carbocycles. The summed E-state index contributed by atoms with van der Waals surface area (Å²) in [5.74, 6) is 3.13. The highest BCUT2D eigenvalue weighted by molar-refractivity contribution is 5.79. The Bertz CT molecular complexity index is 855. The van der Waals surface area contributed by atoms with E-state index >= 15 is 0 Å². The van der Waals surface area contributed by atoms with Crippen molar-refractivity contribution in [1.82, 2.24) is 10.6 Å². The molecule has 2 rings (SSSR count). The van der Waals surface area contributed by atoms with Crippen molar-refractivity contribution < 1.29 is 18.9 Å². The number of aryl methyl sites for hydroxylation is 1. The Morgan fingerprint density at radius 1 is 0.906 bits per heavy atom. The van der Waals surface area contributed by atoms with Crippen molar-refractivity contribution in [3.63, 3.8) is 0 Å². The molecule has 32 heavy (non-hydrogen) atoms. The van der Waals surface area contributed by atoms with Gasteiger partial charge < -0.3 is 29.6 Å². The lowest BCUT2D eigenvalue weighted by molar-refractivity contribution is 0.172. The van der Waals surface area contributed by atoms with Gasteiger partial charge in [-0.1, -0.05) is 18.2 Å². The second-order valence-electron chi connectivity index (χ2n) is 7.37. The number of hydrogen-bond donors (Lipinski definition) is 2. The third kappa shape index (κ3) is 8.30. The van der Waals surface area contributed by atoms with Crippen LogP contribution in [0.3, 0.4) is 0 Å². The number of ether oxygens (including phenoxy) is 4. The maximum Gasteiger partial charge on any atom is 0.191 e. The van der Waals surface area contributed by atoms with Crippen LogP contribution in [0.5, 0.6) is 17.2 Å². The van der Waals surface area contributed by atoms with E-state index in [0.717, 1.165) is 60.3 Å². The molecule has 0 fully saturated rings. The van der Waals surface area contributed by atoms with E-state index in [2.05, 4.69) is 42.7 Å². The minimum atomic E-state index is 0.533. The van der Waals surface area contributed by atoms with Gasteiger partial charge in [0.05, 0.1) is 27.4 Å². The van der Waals surface area contributed by atoms with E-state index in [0.29, 0.717) is 19.8 Å². The van der Waals surface area contributed by atoms with E-state index < -0.39 is 0 Å². The van der Waals surface area contributed by atoms with Crippen molar-refractivity contribution in [2.24, 2.45) is 4.99 Å². The SMILES string of the molecule is CCNC(=NCc1ccc(C)cc1OCCCOC)NCCc1ccc(OC)c(OC)c1. The van der Waals surface area contributed by atoms with Gasteiger partial charge in [0.25, 0.3) is 0 Å². The van der Waals surface area contributed by atoms with Crippen LogP contribution >= 0.6 is 0 Å². The van der Waals surface area contributed by atoms with E-state index in [-0.39, 0.29) is 0 Å². The molecule has 0 aliphatic heterocycles. The highest BCUT2D eigenvalue weighted by atomic mass is 16.5. The van der Waals surface area contributed by atoms with Gasteiger partial charge in [0, 0.05) is 38.8 Å². The smallest absolute Gasteiger partial charge is 0.191 e. The molecule has 0 atom stereocenters. The van der Waals surface area contributed by atoms with Gasteiger partial charge in [-0.25, -0.2) is 4.99 Å². The van der Waals surface area contributed by atoms with E-state index in [4.69, 9.17) is 23.9 Å². The molecule has 0 spiro atoms. The first-order valence-corrected chi connectivity index (χ1v) is 11.1. The van der Waals surface area contributed by atoms with Gasteiger partial charge in [-0.05, 0) is 49.6 Å². The lowest BCUT2D eigenvalue weighted by Gasteiger charge is -2.14. The number of nitrogens with one attached hydrogen (secondary N) is 2. The number of guanidine groups is 1. The second-order valence-corrected chi connectivity index (χ2v) is 7.37. The van der Waals surface area contributed by atoms with Gasteiger partial charge in [-0.15, -0.1) is 0 Å². The highest BCUT2D eigenvalue weighted by Gasteiger charge is 2.07. The fraction of sp³-hybridized carbons (Fsp3) is 0.480. The van der Waals surface area contributed by atoms with Crippen molar-refractivity contribution in [2.45, 2.75) is 33.2 Å². The average Bonchev–Trinajstić information content (AvgIpc) is 2.81. The van der Waals surface area contributed by atoms with E-state index in [1.807, 2.05) is 18.2 Å². The summed E-state index contributed by atoms with van der Waals surface area (Å²) in [5.41, 5.74) is 3.39. The predicted octanol–water partition coefficient (Wildman–Crippen LogP) is 3.73. The summed E-state index contributed by atoms with van der Waals surface area (Å²) < 4.78 is 21.8. The summed E-state index contributed by atoms with van der Waals surface area (Å²) in [4.78, 5) is 4.76. The molecular formula is C25H37N3O4. The Morgan fingerprint density at radius 3 is 2.44 bits per heavy atom. The van der Waals surface area contributed by atoms with Crippen LogP contribution in [0.15, 0.2) is 41.4 Å². The number of hydrogen-bond acceptors (Lipinski definition) is 5. The summed E-state index contributed by atoms with van der Waals surface area (Å²) in [7, 11) is 4.99. The summed E-state index contributed by atoms with van der Waals surface area (Å²) in [6, 6.07) is 12.2. The molecular weight excluding hydrogens is 406 g/mol. The number of methoxy groups -OCH3 is 3. The zero-order valence-corrected chi connectivity index (χ0v) is 20.0. The predicted molar refractivity (Wildman–Crippen MR) is 129 cm³/mol. The molecule has 2 aromatic carbocycles. The van der Waals surface area contributed by atoms with Crippen molar-refractivity contribution in [2.75, 3.05) is 47.6 Å². The van der Waals surface area contributed by atoms with Crippen LogP contribution in [0.2, 0.25) is 0 Å². The molecule has 2 aromatic rings. The fourth-order valence-electron chi connectivity index (χ4n) is 3.18. The Kier molecular flexibility index (Phi) is 11.2. The van der Waals surface area contributed by atoms with Crippen molar-refractivity contribution >= 4 is 5.96 Å². The summed E-state index contributed by atoms with van der Waals surface area (Å²) >= 11 is 0. The maximum atomic E-state index is 5.98. The largest absolute Gasteiger partial charge is 0.493 e. The molecule has 0 radical (unpaired) electrons. The molecule has 0 bridgehead atoms. The molecule has 2 N–H and O–H groups in total. The number of rotatable bonds is 13. The summed E-state index contributed by atoms with van der Waals surface area (Å²) in [6.07, 6.45) is 1.69. The topological polar surface area (TPSA) is 73.3 Å². The van der Waals surface area contributed by atoms with Gasteiger partial charge in [0.15, 0.2) is 17.5 Å². The minimum Gasteiger partial charge on any atom is -0.493 e. The summed E-state index contributed by atoms with van der Waals surface area (Å²) in [6.45, 7) is 7.50. The normalized spacial score (nSPS) is 11.2. The molecule has 0 saturated heterocycles. The highest BCUT2D eigenvalue weighted by Crippen LogP contribution is 2.27. The van der Waals surface area contributed by atoms with Crippen LogP contribution in [-0.2, 0) is 17.7 Å². The molecule has 176 valence electrons. The molecule has 0 aliphatic rings. The van der Waals surface area contributed by atoms with Gasteiger partial charge in [0.2, 0.25) is 0 Å². The van der Waals surface area contributed by atoms with Gasteiger partial charge in [0.1, 0.15) is 5.75 Å². The zero-order chi connectivity index (χ0) is 23.2. The monoisotopic (exact) mass is 443 g/mol. The first-order chi connectivity index (χ1) is 15.6. The summed E-state index contributed by atoms with van der Waals surface area (Å²) in [5, 5.41) is 6.71. The Balaban J connectivity index is 1.98. The number of aliphatic imine (C=N–C) groups is 1. The Hall–Kier alpha value is -2.93. The van der Waals surface area contributed by atoms with Crippen LogP contribution in [0.25, 0.3) is 0 Å². The molecule has 7 heteroatoms. The van der Waals surface area contributed by atoms with Gasteiger partial charge >= 0.3 is 0 Å². The lowest BCUT2D eigenvalue weighted by atomic mass is 10.1. The van der Waals surface area contributed by atoms with Crippen molar-refractivity contribution in [3.05, 3.63) is 53.1 Å². The standard InChI is InChI=1S/C25H37N3O4/c1-6-26-25(27-13-12-20-9-11-22(30-4)24(17-20)31-5)28-18-21-10-8-19(2)16-23(21)32-15-7-14-29-3/h8-11,16-17H,6-7,12-15,18H2,1-5H3,(H2,26,27,28). The molecule has 7 nitrogen and oxygen atoms in total. The zero-order valence-electron chi connectivity index (χ0n) is 20.0. The van der Waals surface area contributed by atoms with Crippen molar-refractivity contribution in [3.8, 4) is 17.2 Å². The van der Waals surface area contributed by atoms with E-state index in [9.17, 15) is 0 Å². The fourth-order valence-corrected chi connectivity index (χ4v) is 3.18. The van der Waals surface area contributed by atoms with Crippen molar-refractivity contribution in [1.29, 1.82) is 0 Å². The molecule has 0 heterocycles. The number of nitrogens with zero attached hydrogens (tertiary/aromatic N) is 1. The van der Waals surface area contributed by atoms with Crippen LogP contribution in [0.4, 0.5) is 0 Å². The average molecular weight is 444 g/mol. The van der Waals surface area contributed by atoms with E-state index in [1.54, 1.807) is 21.3 Å². The van der Waals surface area contributed by atoms with Gasteiger partial charge in [-0.3, -0.25) is 0 Å². The Morgan fingerprint density at radius 2 is 1.72 bits per heavy atom. The first-order valence-electron chi connectivity index (χ1n) is 11.1.